The second-order valence-corrected chi connectivity index (χ2v) is 0.372. The predicted molar refractivity (Wildman–Crippen MR) is 23.9 cm³/mol. The number of hydrogen-bond acceptors (Lipinski definition) is 1. The molecule has 0 aromatic heterocycles. The van der Waals surface area contributed by atoms with E-state index in [0.29, 0.717) is 6.29 Å². The van der Waals surface area contributed by atoms with Gasteiger partial charge in [-0.15, -0.1) is 0 Å². The third kappa shape index (κ3) is 20.2. The molecule has 0 unspecified atom stereocenters. The Morgan fingerprint density at radius 1 is 1.60 bits per heavy atom. The molecule has 0 atom stereocenters. The van der Waals surface area contributed by atoms with Crippen molar-refractivity contribution in [1.82, 2.24) is 0 Å². The molecular weight excluding hydrogens is 84.1 g/mol. The summed E-state index contributed by atoms with van der Waals surface area (Å²) in [6.45, 7) is 3.11. The Labute approximate surface area is 38.1 Å². The van der Waals surface area contributed by atoms with E-state index >= 15 is 0 Å². The van der Waals surface area contributed by atoms with Crippen LogP contribution >= 0.6 is 13.5 Å². The standard InChI is InChI=1S/C3H4O.S/c1-2-3-4;/h2-3H,1H2;. The van der Waals surface area contributed by atoms with Gasteiger partial charge in [0.15, 0.2) is 0 Å². The maximum Gasteiger partial charge on any atom is 0.142 e. The number of carbonyl (C=O) groups excluding carboxylic acids is 1. The largest absolute Gasteiger partial charge is 0.299 e. The molecule has 28 valence electrons. The van der Waals surface area contributed by atoms with Crippen molar-refractivity contribution in [2.75, 3.05) is 0 Å². The summed E-state index contributed by atoms with van der Waals surface area (Å²) in [7, 11) is 0. The average Bonchev–Trinajstić information content (AvgIpc) is 1.37. The van der Waals surface area contributed by atoms with Crippen LogP contribution in [0.4, 0.5) is 0 Å². The maximum absolute atomic E-state index is 9.06. The summed E-state index contributed by atoms with van der Waals surface area (Å²) >= 11 is 0. The van der Waals surface area contributed by atoms with Gasteiger partial charge in [0.1, 0.15) is 6.29 Å². The van der Waals surface area contributed by atoms with Gasteiger partial charge in [0.2, 0.25) is 0 Å². The fourth-order valence-corrected chi connectivity index (χ4v) is 0. The Kier molecular flexibility index (Phi) is 16.3. The van der Waals surface area contributed by atoms with Gasteiger partial charge in [-0.3, -0.25) is 4.79 Å². The number of allylic oxidation sites excluding steroid dienone is 1. The van der Waals surface area contributed by atoms with Gasteiger partial charge < -0.3 is 0 Å². The zero-order valence-corrected chi connectivity index (χ0v) is 3.49. The first kappa shape index (κ1) is 8.83. The molecular formula is C3H4OS. The lowest BCUT2D eigenvalue weighted by Gasteiger charge is -1.37. The Morgan fingerprint density at radius 2 is 1.80 bits per heavy atom. The third-order valence-corrected chi connectivity index (χ3v) is 0.0962. The number of aldehydes is 1. The quantitative estimate of drug-likeness (QED) is 0.345. The van der Waals surface area contributed by atoms with E-state index in [9.17, 15) is 0 Å². The van der Waals surface area contributed by atoms with Crippen molar-refractivity contribution in [3.05, 3.63) is 12.7 Å². The highest BCUT2D eigenvalue weighted by Gasteiger charge is 1.38. The van der Waals surface area contributed by atoms with Gasteiger partial charge in [0.05, 0.1) is 0 Å². The molecule has 0 saturated carbocycles. The summed E-state index contributed by atoms with van der Waals surface area (Å²) in [5.74, 6) is 0. The molecule has 0 N–H and O–H groups in total. The Morgan fingerprint density at radius 3 is 1.80 bits per heavy atom. The van der Waals surface area contributed by atoms with Crippen molar-refractivity contribution < 1.29 is 4.79 Å². The minimum absolute atomic E-state index is 0. The van der Waals surface area contributed by atoms with Gasteiger partial charge in [-0.05, 0) is 6.08 Å². The van der Waals surface area contributed by atoms with Gasteiger partial charge in [-0.1, -0.05) is 6.58 Å². The van der Waals surface area contributed by atoms with E-state index < -0.39 is 0 Å². The normalized spacial score (nSPS) is 4.00. The molecule has 0 saturated heterocycles. The first-order valence-electron chi connectivity index (χ1n) is 0.977. The molecule has 0 rings (SSSR count). The van der Waals surface area contributed by atoms with Crippen molar-refractivity contribution in [2.24, 2.45) is 0 Å². The predicted octanol–water partition coefficient (Wildman–Crippen LogP) is 1.02. The van der Waals surface area contributed by atoms with Crippen LogP contribution in [0.25, 0.3) is 0 Å². The average molecular weight is 88.1 g/mol. The van der Waals surface area contributed by atoms with Gasteiger partial charge in [-0.2, -0.15) is 0 Å². The summed E-state index contributed by atoms with van der Waals surface area (Å²) in [4.78, 5) is 9.06. The lowest BCUT2D eigenvalue weighted by atomic mass is 10.8. The van der Waals surface area contributed by atoms with Crippen LogP contribution in [0, 0.1) is 0 Å². The van der Waals surface area contributed by atoms with E-state index in [4.69, 9.17) is 4.79 Å². The van der Waals surface area contributed by atoms with Crippen LogP contribution in [0.3, 0.4) is 0 Å². The van der Waals surface area contributed by atoms with Crippen LogP contribution in [0.5, 0.6) is 0 Å². The molecule has 0 spiro atoms. The van der Waals surface area contributed by atoms with Crippen molar-refractivity contribution in [3.63, 3.8) is 0 Å². The van der Waals surface area contributed by atoms with Gasteiger partial charge in [0.25, 0.3) is 0 Å². The van der Waals surface area contributed by atoms with E-state index in [1.165, 1.54) is 6.08 Å². The van der Waals surface area contributed by atoms with Crippen molar-refractivity contribution in [3.8, 4) is 0 Å². The summed E-state index contributed by atoms with van der Waals surface area (Å²) < 4.78 is 0. The summed E-state index contributed by atoms with van der Waals surface area (Å²) in [5.41, 5.74) is 0. The van der Waals surface area contributed by atoms with Crippen LogP contribution in [-0.2, 0) is 4.79 Å². The molecule has 0 aliphatic carbocycles. The van der Waals surface area contributed by atoms with Crippen molar-refractivity contribution in [2.45, 2.75) is 0 Å². The molecule has 0 aromatic rings. The highest BCUT2D eigenvalue weighted by Crippen LogP contribution is 1.35. The SMILES string of the molecule is C=CC=O.[S]. The molecule has 0 amide bonds. The molecule has 0 aliphatic rings. The third-order valence-electron chi connectivity index (χ3n) is 0.0962. The first-order chi connectivity index (χ1) is 1.91. The molecule has 0 fully saturated rings. The minimum Gasteiger partial charge on any atom is -0.299 e. The fraction of sp³-hybridized carbons (Fsp3) is 0. The molecule has 0 aliphatic heterocycles. The van der Waals surface area contributed by atoms with Crippen molar-refractivity contribution >= 4 is 19.8 Å². The zero-order chi connectivity index (χ0) is 3.41. The Balaban J connectivity index is 0. The molecule has 0 heterocycles. The smallest absolute Gasteiger partial charge is 0.142 e. The second kappa shape index (κ2) is 9.25. The first-order valence-corrected chi connectivity index (χ1v) is 0.977. The van der Waals surface area contributed by atoms with Gasteiger partial charge >= 0.3 is 0 Å². The summed E-state index contributed by atoms with van der Waals surface area (Å²) in [6.07, 6.45) is 1.83. The van der Waals surface area contributed by atoms with E-state index in [0.717, 1.165) is 0 Å². The van der Waals surface area contributed by atoms with Crippen LogP contribution in [0.1, 0.15) is 0 Å². The van der Waals surface area contributed by atoms with Crippen LogP contribution in [0.15, 0.2) is 12.7 Å². The van der Waals surface area contributed by atoms with E-state index in [2.05, 4.69) is 6.58 Å². The lowest BCUT2D eigenvalue weighted by molar-refractivity contribution is -0.104. The van der Waals surface area contributed by atoms with Crippen LogP contribution in [-0.4, -0.2) is 6.29 Å². The van der Waals surface area contributed by atoms with E-state index in [1.54, 1.807) is 0 Å². The Bertz CT molecular complexity index is 27.9. The highest BCUT2D eigenvalue weighted by molar-refractivity contribution is 7.59. The zero-order valence-electron chi connectivity index (χ0n) is 2.68. The highest BCUT2D eigenvalue weighted by atomic mass is 32.1. The van der Waals surface area contributed by atoms with Crippen LogP contribution < -0.4 is 0 Å². The number of carbonyl (C=O) groups is 1. The van der Waals surface area contributed by atoms with Gasteiger partial charge in [-0.25, -0.2) is 0 Å². The van der Waals surface area contributed by atoms with E-state index in [-0.39, 0.29) is 13.5 Å². The molecule has 0 aromatic carbocycles. The lowest BCUT2D eigenvalue weighted by Crippen LogP contribution is -1.44. The molecule has 1 nitrogen and oxygen atoms in total. The van der Waals surface area contributed by atoms with Crippen LogP contribution in [0.2, 0.25) is 0 Å². The maximum atomic E-state index is 9.06. The molecule has 5 heavy (non-hydrogen) atoms. The molecule has 2 radical (unpaired) electrons. The van der Waals surface area contributed by atoms with Crippen molar-refractivity contribution in [1.29, 1.82) is 0 Å². The topological polar surface area (TPSA) is 17.1 Å². The minimum atomic E-state index is 0. The monoisotopic (exact) mass is 88.0 g/mol. The second-order valence-electron chi connectivity index (χ2n) is 0.372. The Hall–Kier alpha value is -0.240. The number of hydrogen-bond donors (Lipinski definition) is 0. The summed E-state index contributed by atoms with van der Waals surface area (Å²) in [6, 6.07) is 0. The fourth-order valence-electron chi connectivity index (χ4n) is 0. The van der Waals surface area contributed by atoms with Gasteiger partial charge in [0, 0.05) is 13.5 Å². The van der Waals surface area contributed by atoms with E-state index in [1.807, 2.05) is 0 Å². The molecule has 2 heteroatoms. The molecule has 0 bridgehead atoms. The summed E-state index contributed by atoms with van der Waals surface area (Å²) in [5, 5.41) is 0. The number of rotatable bonds is 1.